The number of rotatable bonds is 8. The van der Waals surface area contributed by atoms with Gasteiger partial charge in [0.25, 0.3) is 0 Å². The Kier molecular flexibility index (Phi) is 6.95. The number of hydrogen-bond acceptors (Lipinski definition) is 6. The number of ether oxygens (including phenoxy) is 3. The molecule has 2 rings (SSSR count). The van der Waals surface area contributed by atoms with Gasteiger partial charge in [-0.2, -0.15) is 5.26 Å². The highest BCUT2D eigenvalue weighted by atomic mass is 16.6. The summed E-state index contributed by atoms with van der Waals surface area (Å²) in [5.41, 5.74) is 0.923. The largest absolute Gasteiger partial charge is 0.494 e. The molecule has 2 aromatic carbocycles. The van der Waals surface area contributed by atoms with Crippen LogP contribution >= 0.6 is 0 Å². The van der Waals surface area contributed by atoms with Crippen molar-refractivity contribution in [2.45, 2.75) is 33.0 Å². The fraction of sp³-hybridized carbons (Fsp3) is 0.286. The van der Waals surface area contributed by atoms with Crippen LogP contribution in [0.15, 0.2) is 48.5 Å². The summed E-state index contributed by atoms with van der Waals surface area (Å²) >= 11 is 0. The van der Waals surface area contributed by atoms with Crippen LogP contribution in [0, 0.1) is 11.3 Å². The predicted molar refractivity (Wildman–Crippen MR) is 98.7 cm³/mol. The highest BCUT2D eigenvalue weighted by Gasteiger charge is 2.24. The Morgan fingerprint density at radius 1 is 0.963 bits per heavy atom. The van der Waals surface area contributed by atoms with Crippen LogP contribution in [0.1, 0.15) is 36.7 Å². The van der Waals surface area contributed by atoms with Crippen molar-refractivity contribution in [2.24, 2.45) is 0 Å². The molecule has 0 N–H and O–H groups in total. The lowest BCUT2D eigenvalue weighted by atomic mass is 10.1. The molecule has 0 heterocycles. The smallest absolute Gasteiger partial charge is 0.347 e. The minimum atomic E-state index is -0.942. The number of nitrogens with zero attached hydrogens (tertiary/aromatic N) is 1. The second-order valence-electron chi connectivity index (χ2n) is 5.80. The first-order chi connectivity index (χ1) is 12.9. The number of ketones is 1. The van der Waals surface area contributed by atoms with Crippen LogP contribution in [0.2, 0.25) is 0 Å². The van der Waals surface area contributed by atoms with E-state index in [2.05, 4.69) is 0 Å². The van der Waals surface area contributed by atoms with Crippen LogP contribution in [0.25, 0.3) is 0 Å². The van der Waals surface area contributed by atoms with Gasteiger partial charge in [-0.1, -0.05) is 0 Å². The molecule has 140 valence electrons. The summed E-state index contributed by atoms with van der Waals surface area (Å²) in [6, 6.07) is 15.0. The maximum Gasteiger partial charge on any atom is 0.347 e. The molecule has 0 bridgehead atoms. The highest BCUT2D eigenvalue weighted by Crippen LogP contribution is 2.16. The van der Waals surface area contributed by atoms with Crippen molar-refractivity contribution >= 4 is 11.8 Å². The van der Waals surface area contributed by atoms with Gasteiger partial charge in [0.05, 0.1) is 18.2 Å². The number of nitriles is 1. The Bertz CT molecular complexity index is 821. The maximum atomic E-state index is 12.4. The first kappa shape index (κ1) is 20.0. The summed E-state index contributed by atoms with van der Waals surface area (Å²) in [5, 5.41) is 8.78. The Hall–Kier alpha value is -3.33. The third-order valence-electron chi connectivity index (χ3n) is 3.74. The quantitative estimate of drug-likeness (QED) is 0.524. The van der Waals surface area contributed by atoms with Gasteiger partial charge < -0.3 is 14.2 Å². The summed E-state index contributed by atoms with van der Waals surface area (Å²) in [5.74, 6) is 0.148. The molecule has 0 unspecified atom stereocenters. The van der Waals surface area contributed by atoms with E-state index < -0.39 is 18.2 Å². The molecule has 0 saturated heterocycles. The van der Waals surface area contributed by atoms with Crippen LogP contribution in [0.3, 0.4) is 0 Å². The SMILES string of the molecule is CCOc1ccc(C(=O)[C@@H](C)OC(=O)[C@@H](C)Oc2ccc(C#N)cc2)cc1. The van der Waals surface area contributed by atoms with Gasteiger partial charge in [-0.3, -0.25) is 4.79 Å². The number of carbonyl (C=O) groups excluding carboxylic acids is 2. The van der Waals surface area contributed by atoms with Gasteiger partial charge >= 0.3 is 5.97 Å². The number of carbonyl (C=O) groups is 2. The molecule has 0 saturated carbocycles. The van der Waals surface area contributed by atoms with E-state index in [0.29, 0.717) is 29.2 Å². The number of hydrogen-bond donors (Lipinski definition) is 0. The topological polar surface area (TPSA) is 85.6 Å². The molecule has 0 aliphatic heterocycles. The standard InChI is InChI=1S/C21H21NO5/c1-4-25-18-11-7-17(8-12-18)20(23)14(2)27-21(24)15(3)26-19-9-5-16(13-22)6-10-19/h5-12,14-15H,4H2,1-3H3/t14-,15-/m1/s1. The molecule has 2 aromatic rings. The molecule has 0 aromatic heterocycles. The van der Waals surface area contributed by atoms with E-state index in [1.165, 1.54) is 13.8 Å². The normalized spacial score (nSPS) is 12.4. The van der Waals surface area contributed by atoms with Gasteiger partial charge in [-0.15, -0.1) is 0 Å². The van der Waals surface area contributed by atoms with E-state index in [4.69, 9.17) is 19.5 Å². The lowest BCUT2D eigenvalue weighted by Gasteiger charge is -2.17. The van der Waals surface area contributed by atoms with Crippen LogP contribution in [-0.2, 0) is 9.53 Å². The fourth-order valence-corrected chi connectivity index (χ4v) is 2.30. The minimum absolute atomic E-state index is 0.308. The summed E-state index contributed by atoms with van der Waals surface area (Å²) in [6.45, 7) is 5.47. The summed E-state index contributed by atoms with van der Waals surface area (Å²) in [4.78, 5) is 24.6. The van der Waals surface area contributed by atoms with Crippen molar-refractivity contribution in [1.29, 1.82) is 5.26 Å². The second kappa shape index (κ2) is 9.39. The molecule has 2 atom stereocenters. The van der Waals surface area contributed by atoms with Crippen molar-refractivity contribution in [3.05, 3.63) is 59.7 Å². The van der Waals surface area contributed by atoms with Gasteiger partial charge in [0.1, 0.15) is 11.5 Å². The molecule has 0 amide bonds. The van der Waals surface area contributed by atoms with Crippen molar-refractivity contribution in [3.8, 4) is 17.6 Å². The number of Topliss-reactive ketones (excluding diaryl/α,β-unsaturated/α-hetero) is 1. The zero-order valence-electron chi connectivity index (χ0n) is 15.5. The average molecular weight is 367 g/mol. The molecule has 6 nitrogen and oxygen atoms in total. The highest BCUT2D eigenvalue weighted by molar-refractivity contribution is 6.00. The maximum absolute atomic E-state index is 12.4. The van der Waals surface area contributed by atoms with Crippen LogP contribution in [0.5, 0.6) is 11.5 Å². The van der Waals surface area contributed by atoms with Gasteiger partial charge in [-0.25, -0.2) is 4.79 Å². The van der Waals surface area contributed by atoms with E-state index in [1.807, 2.05) is 13.0 Å². The van der Waals surface area contributed by atoms with Gasteiger partial charge in [0.2, 0.25) is 5.78 Å². The van der Waals surface area contributed by atoms with Crippen LogP contribution < -0.4 is 9.47 Å². The van der Waals surface area contributed by atoms with Gasteiger partial charge in [0, 0.05) is 5.56 Å². The molecular weight excluding hydrogens is 346 g/mol. The lowest BCUT2D eigenvalue weighted by Crippen LogP contribution is -2.32. The van der Waals surface area contributed by atoms with Crippen LogP contribution in [-0.4, -0.2) is 30.6 Å². The summed E-state index contributed by atoms with van der Waals surface area (Å²) in [6.07, 6.45) is -1.84. The van der Waals surface area contributed by atoms with Gasteiger partial charge in [0.15, 0.2) is 12.2 Å². The summed E-state index contributed by atoms with van der Waals surface area (Å²) in [7, 11) is 0. The Balaban J connectivity index is 1.92. The lowest BCUT2D eigenvalue weighted by molar-refractivity contribution is -0.153. The first-order valence-electron chi connectivity index (χ1n) is 8.59. The monoisotopic (exact) mass is 367 g/mol. The zero-order chi connectivity index (χ0) is 19.8. The van der Waals surface area contributed by atoms with Crippen molar-refractivity contribution in [1.82, 2.24) is 0 Å². The Labute approximate surface area is 158 Å². The van der Waals surface area contributed by atoms with E-state index in [9.17, 15) is 9.59 Å². The van der Waals surface area contributed by atoms with Crippen molar-refractivity contribution in [2.75, 3.05) is 6.61 Å². The zero-order valence-corrected chi connectivity index (χ0v) is 15.5. The third-order valence-corrected chi connectivity index (χ3v) is 3.74. The minimum Gasteiger partial charge on any atom is -0.494 e. The van der Waals surface area contributed by atoms with E-state index in [1.54, 1.807) is 48.5 Å². The van der Waals surface area contributed by atoms with E-state index in [-0.39, 0.29) is 5.78 Å². The first-order valence-corrected chi connectivity index (χ1v) is 8.59. The van der Waals surface area contributed by atoms with Crippen molar-refractivity contribution in [3.63, 3.8) is 0 Å². The Morgan fingerprint density at radius 3 is 2.11 bits per heavy atom. The number of benzene rings is 2. The molecule has 0 spiro atoms. The molecule has 27 heavy (non-hydrogen) atoms. The average Bonchev–Trinajstić information content (AvgIpc) is 2.68. The summed E-state index contributed by atoms with van der Waals surface area (Å²) < 4.78 is 16.1. The van der Waals surface area contributed by atoms with Crippen molar-refractivity contribution < 1.29 is 23.8 Å². The van der Waals surface area contributed by atoms with E-state index >= 15 is 0 Å². The predicted octanol–water partition coefficient (Wildman–Crippen LogP) is 3.54. The van der Waals surface area contributed by atoms with Gasteiger partial charge in [-0.05, 0) is 69.3 Å². The van der Waals surface area contributed by atoms with E-state index in [0.717, 1.165) is 0 Å². The second-order valence-corrected chi connectivity index (χ2v) is 5.80. The van der Waals surface area contributed by atoms with Crippen LogP contribution in [0.4, 0.5) is 0 Å². The number of esters is 1. The molecule has 0 aliphatic rings. The molecule has 0 aliphatic carbocycles. The fourth-order valence-electron chi connectivity index (χ4n) is 2.30. The molecule has 0 radical (unpaired) electrons. The molecule has 6 heteroatoms. The third kappa shape index (κ3) is 5.58. The molecular formula is C21H21NO5. The Morgan fingerprint density at radius 2 is 1.56 bits per heavy atom. The molecule has 0 fully saturated rings.